The molecule has 11 heteroatoms. The van der Waals surface area contributed by atoms with Gasteiger partial charge in [0.15, 0.2) is 0 Å². The Labute approximate surface area is 238 Å². The first-order chi connectivity index (χ1) is 19.0. The summed E-state index contributed by atoms with van der Waals surface area (Å²) in [5, 5.41) is 12.9. The first-order valence-corrected chi connectivity index (χ1v) is 14.5. The summed E-state index contributed by atoms with van der Waals surface area (Å²) in [7, 11) is 1.68. The van der Waals surface area contributed by atoms with Gasteiger partial charge in [0.1, 0.15) is 12.6 Å². The molecule has 40 heavy (non-hydrogen) atoms. The molecule has 0 radical (unpaired) electrons. The lowest BCUT2D eigenvalue weighted by Gasteiger charge is -2.46. The zero-order valence-corrected chi connectivity index (χ0v) is 23.5. The van der Waals surface area contributed by atoms with Gasteiger partial charge in [-0.2, -0.15) is 5.26 Å². The molecule has 0 spiro atoms. The molecule has 1 N–H and O–H groups in total. The standard InChI is InChI=1S/C29H36ClF2N5O3/c1-35(15-18-2-3-21(14-33)24(30)10-18)26(38)16-37-17-34-25-5-4-20(11-23(25)28(37)40)19-6-8-36(9-7-19)27(39)22-12-29(31,32)13-22/h2-3,10,19-20,22-23,25,34H,4-9,11-13,15-17H2,1H3. The van der Waals surface area contributed by atoms with Crippen molar-refractivity contribution in [1.82, 2.24) is 20.0 Å². The molecule has 2 heterocycles. The van der Waals surface area contributed by atoms with Gasteiger partial charge in [-0.3, -0.25) is 19.7 Å². The Balaban J connectivity index is 1.11. The third kappa shape index (κ3) is 6.10. The van der Waals surface area contributed by atoms with Gasteiger partial charge in [-0.1, -0.05) is 17.7 Å². The number of nitriles is 1. The van der Waals surface area contributed by atoms with E-state index in [0.29, 0.717) is 48.7 Å². The lowest BCUT2D eigenvalue weighted by Crippen LogP contribution is -2.60. The van der Waals surface area contributed by atoms with Crippen LogP contribution in [0.25, 0.3) is 0 Å². The summed E-state index contributed by atoms with van der Waals surface area (Å²) in [6.07, 6.45) is 3.70. The molecule has 5 rings (SSSR count). The van der Waals surface area contributed by atoms with Gasteiger partial charge >= 0.3 is 0 Å². The Morgan fingerprint density at radius 1 is 1.18 bits per heavy atom. The molecule has 1 aromatic rings. The lowest BCUT2D eigenvalue weighted by atomic mass is 9.69. The van der Waals surface area contributed by atoms with Crippen LogP contribution in [0.15, 0.2) is 18.2 Å². The van der Waals surface area contributed by atoms with E-state index in [0.717, 1.165) is 37.7 Å². The fourth-order valence-electron chi connectivity index (χ4n) is 6.90. The van der Waals surface area contributed by atoms with Gasteiger partial charge in [0, 0.05) is 51.5 Å². The molecule has 2 saturated heterocycles. The second kappa shape index (κ2) is 11.6. The summed E-state index contributed by atoms with van der Waals surface area (Å²) in [6, 6.07) is 7.20. The zero-order valence-electron chi connectivity index (χ0n) is 22.8. The first kappa shape index (κ1) is 28.7. The van der Waals surface area contributed by atoms with Crippen molar-refractivity contribution in [3.05, 3.63) is 34.3 Å². The van der Waals surface area contributed by atoms with Crippen LogP contribution in [0.4, 0.5) is 8.78 Å². The fourth-order valence-corrected chi connectivity index (χ4v) is 7.15. The molecule has 0 bridgehead atoms. The minimum atomic E-state index is -2.69. The Hall–Kier alpha value is -2.77. The number of hydrogen-bond donors (Lipinski definition) is 1. The van der Waals surface area contributed by atoms with Crippen molar-refractivity contribution < 1.29 is 23.2 Å². The summed E-state index contributed by atoms with van der Waals surface area (Å²) in [6.45, 7) is 1.84. The average molecular weight is 576 g/mol. The largest absolute Gasteiger partial charge is 0.342 e. The van der Waals surface area contributed by atoms with Crippen LogP contribution >= 0.6 is 11.6 Å². The first-order valence-electron chi connectivity index (χ1n) is 14.2. The van der Waals surface area contributed by atoms with Crippen molar-refractivity contribution in [2.75, 3.05) is 33.4 Å². The lowest BCUT2D eigenvalue weighted by molar-refractivity contribution is -0.161. The quantitative estimate of drug-likeness (QED) is 0.559. The molecule has 2 aliphatic carbocycles. The van der Waals surface area contributed by atoms with Gasteiger partial charge in [-0.05, 0) is 61.6 Å². The van der Waals surface area contributed by atoms with Crippen LogP contribution in [0, 0.1) is 35.0 Å². The molecule has 8 nitrogen and oxygen atoms in total. The smallest absolute Gasteiger partial charge is 0.249 e. The van der Waals surface area contributed by atoms with Crippen molar-refractivity contribution >= 4 is 29.3 Å². The van der Waals surface area contributed by atoms with Crippen molar-refractivity contribution in [2.45, 2.75) is 63.5 Å². The maximum atomic E-state index is 13.5. The maximum absolute atomic E-state index is 13.5. The summed E-state index contributed by atoms with van der Waals surface area (Å²) in [4.78, 5) is 44.0. The summed E-state index contributed by atoms with van der Waals surface area (Å²) in [5.41, 5.74) is 1.18. The summed E-state index contributed by atoms with van der Waals surface area (Å²) >= 11 is 6.12. The number of likely N-dealkylation sites (N-methyl/N-ethyl adjacent to an activating group) is 1. The number of amides is 3. The van der Waals surface area contributed by atoms with E-state index in [2.05, 4.69) is 5.32 Å². The molecule has 4 fully saturated rings. The molecule has 216 valence electrons. The molecule has 1 aromatic carbocycles. The van der Waals surface area contributed by atoms with Gasteiger partial charge in [0.25, 0.3) is 0 Å². The molecule has 4 aliphatic rings. The van der Waals surface area contributed by atoms with Crippen molar-refractivity contribution in [3.8, 4) is 6.07 Å². The van der Waals surface area contributed by atoms with Gasteiger partial charge in [-0.25, -0.2) is 8.78 Å². The highest BCUT2D eigenvalue weighted by molar-refractivity contribution is 6.31. The Morgan fingerprint density at radius 2 is 1.90 bits per heavy atom. The number of nitrogens with zero attached hydrogens (tertiary/aromatic N) is 4. The molecular weight excluding hydrogens is 540 g/mol. The highest BCUT2D eigenvalue weighted by Gasteiger charge is 2.50. The molecule has 3 unspecified atom stereocenters. The van der Waals surface area contributed by atoms with E-state index < -0.39 is 11.8 Å². The number of carbonyl (C=O) groups excluding carboxylic acids is 3. The number of likely N-dealkylation sites (tertiary alicyclic amines) is 1. The Morgan fingerprint density at radius 3 is 2.55 bits per heavy atom. The minimum absolute atomic E-state index is 0.00939. The number of piperidine rings is 1. The van der Waals surface area contributed by atoms with E-state index in [9.17, 15) is 23.2 Å². The number of alkyl halides is 2. The van der Waals surface area contributed by atoms with E-state index >= 15 is 0 Å². The van der Waals surface area contributed by atoms with Gasteiger partial charge < -0.3 is 14.7 Å². The molecule has 0 aromatic heterocycles. The predicted molar refractivity (Wildman–Crippen MR) is 144 cm³/mol. The Kier molecular flexibility index (Phi) is 8.35. The second-order valence-corrected chi connectivity index (χ2v) is 12.4. The second-order valence-electron chi connectivity index (χ2n) is 12.0. The maximum Gasteiger partial charge on any atom is 0.249 e. The highest BCUT2D eigenvalue weighted by atomic mass is 35.5. The van der Waals surface area contributed by atoms with Crippen LogP contribution in [-0.2, 0) is 20.9 Å². The van der Waals surface area contributed by atoms with Gasteiger partial charge in [0.05, 0.1) is 23.2 Å². The number of nitrogens with one attached hydrogen (secondary N) is 1. The van der Waals surface area contributed by atoms with Crippen LogP contribution in [-0.4, -0.2) is 77.7 Å². The van der Waals surface area contributed by atoms with Crippen LogP contribution in [0.2, 0.25) is 5.02 Å². The number of carbonyl (C=O) groups is 3. The van der Waals surface area contributed by atoms with E-state index in [1.54, 1.807) is 39.9 Å². The van der Waals surface area contributed by atoms with Crippen LogP contribution < -0.4 is 5.32 Å². The normalized spacial score (nSPS) is 27.0. The Bertz CT molecular complexity index is 1190. The molecule has 2 saturated carbocycles. The van der Waals surface area contributed by atoms with Crippen LogP contribution in [0.5, 0.6) is 0 Å². The van der Waals surface area contributed by atoms with Gasteiger partial charge in [-0.15, -0.1) is 0 Å². The number of fused-ring (bicyclic) bond motifs is 1. The van der Waals surface area contributed by atoms with Crippen molar-refractivity contribution in [2.24, 2.45) is 23.7 Å². The average Bonchev–Trinajstić information content (AvgIpc) is 2.93. The number of rotatable bonds is 6. The van der Waals surface area contributed by atoms with E-state index in [4.69, 9.17) is 16.9 Å². The van der Waals surface area contributed by atoms with Crippen LogP contribution in [0.1, 0.15) is 56.1 Å². The molecule has 3 amide bonds. The van der Waals surface area contributed by atoms with E-state index in [1.165, 1.54) is 0 Å². The SMILES string of the molecule is CN(Cc1ccc(C#N)c(Cl)c1)C(=O)CN1CNC2CCC(C3CCN(C(=O)C4CC(F)(F)C4)CC3)CC2C1=O. The zero-order chi connectivity index (χ0) is 28.6. The summed E-state index contributed by atoms with van der Waals surface area (Å²) in [5.74, 6) is -2.93. The third-order valence-electron chi connectivity index (χ3n) is 9.35. The van der Waals surface area contributed by atoms with Crippen molar-refractivity contribution in [1.29, 1.82) is 5.26 Å². The van der Waals surface area contributed by atoms with Crippen LogP contribution in [0.3, 0.4) is 0 Å². The minimum Gasteiger partial charge on any atom is -0.342 e. The summed E-state index contributed by atoms with van der Waals surface area (Å²) < 4.78 is 26.4. The van der Waals surface area contributed by atoms with Gasteiger partial charge in [0.2, 0.25) is 23.6 Å². The molecular formula is C29H36ClF2N5O3. The van der Waals surface area contributed by atoms with E-state index in [1.807, 2.05) is 6.07 Å². The number of halogens is 3. The monoisotopic (exact) mass is 575 g/mol. The van der Waals surface area contributed by atoms with Crippen molar-refractivity contribution in [3.63, 3.8) is 0 Å². The number of benzene rings is 1. The number of hydrogen-bond acceptors (Lipinski definition) is 5. The highest BCUT2D eigenvalue weighted by Crippen LogP contribution is 2.44. The molecule has 3 atom stereocenters. The predicted octanol–water partition coefficient (Wildman–Crippen LogP) is 3.63. The van der Waals surface area contributed by atoms with E-state index in [-0.39, 0.29) is 49.1 Å². The molecule has 2 aliphatic heterocycles. The topological polar surface area (TPSA) is 96.8 Å². The fraction of sp³-hybridized carbons (Fsp3) is 0.655. The third-order valence-corrected chi connectivity index (χ3v) is 9.66.